The predicted molar refractivity (Wildman–Crippen MR) is 132 cm³/mol. The SMILES string of the molecule is CN=C(NCCCN1CCN(c2cccc(Cl)c2)CC1)NCc1ccnn1C.I. The lowest BCUT2D eigenvalue weighted by atomic mass is 10.2. The van der Waals surface area contributed by atoms with Gasteiger partial charge in [-0.25, -0.2) is 0 Å². The van der Waals surface area contributed by atoms with Crippen LogP contribution in [0.25, 0.3) is 0 Å². The first-order valence-electron chi connectivity index (χ1n) is 9.80. The van der Waals surface area contributed by atoms with Crippen LogP contribution in [-0.2, 0) is 13.6 Å². The van der Waals surface area contributed by atoms with Gasteiger partial charge < -0.3 is 15.5 Å². The molecule has 2 aromatic rings. The van der Waals surface area contributed by atoms with Crippen LogP contribution in [0, 0.1) is 0 Å². The zero-order valence-electron chi connectivity index (χ0n) is 17.1. The van der Waals surface area contributed by atoms with E-state index >= 15 is 0 Å². The van der Waals surface area contributed by atoms with Crippen LogP contribution in [0.15, 0.2) is 41.5 Å². The molecule has 29 heavy (non-hydrogen) atoms. The van der Waals surface area contributed by atoms with Crippen LogP contribution in [-0.4, -0.2) is 67.0 Å². The Kier molecular flexibility index (Phi) is 10.0. The van der Waals surface area contributed by atoms with Crippen molar-refractivity contribution >= 4 is 47.2 Å². The Bertz CT molecular complexity index is 772. The van der Waals surface area contributed by atoms with Crippen molar-refractivity contribution in [3.05, 3.63) is 47.2 Å². The second kappa shape index (κ2) is 12.2. The number of benzene rings is 1. The summed E-state index contributed by atoms with van der Waals surface area (Å²) >= 11 is 6.11. The van der Waals surface area contributed by atoms with E-state index in [4.69, 9.17) is 11.6 Å². The van der Waals surface area contributed by atoms with Crippen molar-refractivity contribution in [1.82, 2.24) is 25.3 Å². The average molecular weight is 532 g/mol. The number of guanidine groups is 1. The molecule has 2 N–H and O–H groups in total. The van der Waals surface area contributed by atoms with Crippen molar-refractivity contribution in [3.8, 4) is 0 Å². The van der Waals surface area contributed by atoms with Crippen molar-refractivity contribution in [2.45, 2.75) is 13.0 Å². The average Bonchev–Trinajstić information content (AvgIpc) is 3.13. The smallest absolute Gasteiger partial charge is 0.191 e. The summed E-state index contributed by atoms with van der Waals surface area (Å²) in [5, 5.41) is 11.7. The molecule has 0 aliphatic carbocycles. The zero-order valence-corrected chi connectivity index (χ0v) is 20.2. The lowest BCUT2D eigenvalue weighted by Gasteiger charge is -2.36. The minimum atomic E-state index is 0. The molecule has 1 aromatic heterocycles. The number of halogens is 2. The van der Waals surface area contributed by atoms with E-state index in [-0.39, 0.29) is 24.0 Å². The van der Waals surface area contributed by atoms with Gasteiger partial charge in [0.25, 0.3) is 0 Å². The van der Waals surface area contributed by atoms with E-state index in [2.05, 4.69) is 36.6 Å². The molecule has 1 fully saturated rings. The number of anilines is 1. The molecule has 0 bridgehead atoms. The molecule has 9 heteroatoms. The third-order valence-corrected chi connectivity index (χ3v) is 5.31. The number of aromatic nitrogens is 2. The molecule has 0 atom stereocenters. The normalized spacial score (nSPS) is 15.1. The van der Waals surface area contributed by atoms with Gasteiger partial charge in [-0.2, -0.15) is 5.10 Å². The number of rotatable bonds is 7. The highest BCUT2D eigenvalue weighted by Crippen LogP contribution is 2.20. The maximum Gasteiger partial charge on any atom is 0.191 e. The largest absolute Gasteiger partial charge is 0.369 e. The zero-order chi connectivity index (χ0) is 19.8. The van der Waals surface area contributed by atoms with Crippen molar-refractivity contribution in [2.24, 2.45) is 12.0 Å². The molecule has 0 amide bonds. The maximum absolute atomic E-state index is 6.11. The number of nitrogens with zero attached hydrogens (tertiary/aromatic N) is 5. The summed E-state index contributed by atoms with van der Waals surface area (Å²) in [6, 6.07) is 10.1. The van der Waals surface area contributed by atoms with E-state index in [0.717, 1.165) is 62.4 Å². The lowest BCUT2D eigenvalue weighted by molar-refractivity contribution is 0.255. The molecule has 2 heterocycles. The second-order valence-electron chi connectivity index (χ2n) is 6.96. The maximum atomic E-state index is 6.11. The fraction of sp³-hybridized carbons (Fsp3) is 0.500. The van der Waals surface area contributed by atoms with Crippen molar-refractivity contribution in [3.63, 3.8) is 0 Å². The first-order chi connectivity index (χ1) is 13.7. The fourth-order valence-corrected chi connectivity index (χ4v) is 3.57. The summed E-state index contributed by atoms with van der Waals surface area (Å²) < 4.78 is 1.86. The van der Waals surface area contributed by atoms with E-state index in [9.17, 15) is 0 Å². The van der Waals surface area contributed by atoms with Crippen LogP contribution < -0.4 is 15.5 Å². The molecule has 1 saturated heterocycles. The number of aliphatic imine (C=N–C) groups is 1. The van der Waals surface area contributed by atoms with Crippen LogP contribution in [0.4, 0.5) is 5.69 Å². The molecular formula is C20H31ClIN7. The number of hydrogen-bond donors (Lipinski definition) is 2. The number of nitrogens with one attached hydrogen (secondary N) is 2. The van der Waals surface area contributed by atoms with Gasteiger partial charge in [0.1, 0.15) is 0 Å². The molecule has 1 aliphatic heterocycles. The summed E-state index contributed by atoms with van der Waals surface area (Å²) in [7, 11) is 3.74. The molecule has 1 aliphatic rings. The highest BCUT2D eigenvalue weighted by atomic mass is 127. The Morgan fingerprint density at radius 2 is 1.97 bits per heavy atom. The third kappa shape index (κ3) is 7.35. The summed E-state index contributed by atoms with van der Waals surface area (Å²) in [6.45, 7) is 6.96. The van der Waals surface area contributed by atoms with E-state index in [1.165, 1.54) is 5.69 Å². The van der Waals surface area contributed by atoms with Gasteiger partial charge in [-0.1, -0.05) is 17.7 Å². The molecule has 7 nitrogen and oxygen atoms in total. The molecule has 0 spiro atoms. The summed E-state index contributed by atoms with van der Waals surface area (Å²) in [4.78, 5) is 9.22. The molecule has 1 aromatic carbocycles. The first kappa shape index (κ1) is 23.8. The Hall–Kier alpha value is -1.52. The number of piperazine rings is 1. The Morgan fingerprint density at radius 3 is 2.62 bits per heavy atom. The number of hydrogen-bond acceptors (Lipinski definition) is 4. The lowest BCUT2D eigenvalue weighted by Crippen LogP contribution is -2.47. The summed E-state index contributed by atoms with van der Waals surface area (Å²) in [6.07, 6.45) is 2.89. The van der Waals surface area contributed by atoms with Crippen LogP contribution >= 0.6 is 35.6 Å². The van der Waals surface area contributed by atoms with E-state index < -0.39 is 0 Å². The van der Waals surface area contributed by atoms with Gasteiger partial charge in [0, 0.05) is 63.7 Å². The Balaban J connectivity index is 0.00000300. The third-order valence-electron chi connectivity index (χ3n) is 5.07. The van der Waals surface area contributed by atoms with Crippen LogP contribution in [0.3, 0.4) is 0 Å². The second-order valence-corrected chi connectivity index (χ2v) is 7.40. The highest BCUT2D eigenvalue weighted by molar-refractivity contribution is 14.0. The first-order valence-corrected chi connectivity index (χ1v) is 10.2. The van der Waals surface area contributed by atoms with Gasteiger partial charge >= 0.3 is 0 Å². The van der Waals surface area contributed by atoms with Gasteiger partial charge in [0.15, 0.2) is 5.96 Å². The molecule has 160 valence electrons. The van der Waals surface area contributed by atoms with E-state index in [0.29, 0.717) is 6.54 Å². The van der Waals surface area contributed by atoms with Gasteiger partial charge in [-0.15, -0.1) is 24.0 Å². The molecule has 0 radical (unpaired) electrons. The molecule has 3 rings (SSSR count). The van der Waals surface area contributed by atoms with Gasteiger partial charge in [-0.3, -0.25) is 14.6 Å². The van der Waals surface area contributed by atoms with E-state index in [1.54, 1.807) is 13.2 Å². The topological polar surface area (TPSA) is 60.7 Å². The fourth-order valence-electron chi connectivity index (χ4n) is 3.38. The van der Waals surface area contributed by atoms with Crippen LogP contribution in [0.2, 0.25) is 5.02 Å². The Labute approximate surface area is 195 Å². The number of aryl methyl sites for hydroxylation is 1. The highest BCUT2D eigenvalue weighted by Gasteiger charge is 2.16. The molecular weight excluding hydrogens is 501 g/mol. The van der Waals surface area contributed by atoms with Crippen molar-refractivity contribution < 1.29 is 0 Å². The van der Waals surface area contributed by atoms with Crippen LogP contribution in [0.1, 0.15) is 12.1 Å². The molecule has 0 saturated carbocycles. The van der Waals surface area contributed by atoms with Crippen LogP contribution in [0.5, 0.6) is 0 Å². The standard InChI is InChI=1S/C20H30ClN7.HI/c1-22-20(24-16-19-7-9-25-26(19)2)23-8-4-10-27-11-13-28(14-12-27)18-6-3-5-17(21)15-18;/h3,5-7,9,15H,4,8,10-14,16H2,1-2H3,(H2,22,23,24);1H. The van der Waals surface area contributed by atoms with Crippen molar-refractivity contribution in [1.29, 1.82) is 0 Å². The van der Waals surface area contributed by atoms with Gasteiger partial charge in [0.2, 0.25) is 0 Å². The molecule has 0 unspecified atom stereocenters. The van der Waals surface area contributed by atoms with Gasteiger partial charge in [0.05, 0.1) is 12.2 Å². The predicted octanol–water partition coefficient (Wildman–Crippen LogP) is 2.57. The monoisotopic (exact) mass is 531 g/mol. The Morgan fingerprint density at radius 1 is 1.17 bits per heavy atom. The summed E-state index contributed by atoms with van der Waals surface area (Å²) in [5.41, 5.74) is 2.35. The summed E-state index contributed by atoms with van der Waals surface area (Å²) in [5.74, 6) is 0.826. The minimum absolute atomic E-state index is 0. The quantitative estimate of drug-likeness (QED) is 0.249. The van der Waals surface area contributed by atoms with Crippen molar-refractivity contribution in [2.75, 3.05) is 51.2 Å². The van der Waals surface area contributed by atoms with E-state index in [1.807, 2.05) is 36.0 Å². The van der Waals surface area contributed by atoms with Gasteiger partial charge in [-0.05, 0) is 37.2 Å². The minimum Gasteiger partial charge on any atom is -0.369 e.